The molecule has 23 heavy (non-hydrogen) atoms. The highest BCUT2D eigenvalue weighted by molar-refractivity contribution is 9.11. The lowest BCUT2D eigenvalue weighted by Crippen LogP contribution is -2.18. The van der Waals surface area contributed by atoms with Crippen molar-refractivity contribution in [1.29, 1.82) is 0 Å². The van der Waals surface area contributed by atoms with E-state index in [9.17, 15) is 4.79 Å². The molecule has 0 unspecified atom stereocenters. The van der Waals surface area contributed by atoms with Crippen molar-refractivity contribution in [3.8, 4) is 5.75 Å². The van der Waals surface area contributed by atoms with Gasteiger partial charge >= 0.3 is 0 Å². The summed E-state index contributed by atoms with van der Waals surface area (Å²) in [6, 6.07) is 15.3. The molecule has 0 aliphatic rings. The molecule has 0 aliphatic heterocycles. The fourth-order valence-electron chi connectivity index (χ4n) is 2.18. The number of halogens is 1. The normalized spacial score (nSPS) is 11.0. The summed E-state index contributed by atoms with van der Waals surface area (Å²) in [5, 5.41) is 5.99. The summed E-state index contributed by atoms with van der Waals surface area (Å²) in [5.74, 6) is 0.217. The highest BCUT2D eigenvalue weighted by atomic mass is 79.9. The number of carbonyl (C=O) groups excluding carboxylic acids is 1. The van der Waals surface area contributed by atoms with E-state index in [0.29, 0.717) is 11.3 Å². The van der Waals surface area contributed by atoms with Gasteiger partial charge in [-0.2, -0.15) is 5.10 Å². The number of ether oxygens (including phenoxy) is 1. The Kier molecular flexibility index (Phi) is 4.73. The molecule has 1 heterocycles. The standard InChI is InChI=1S/C17H13BrN2O2S/c1-22-15-9-12-5-3-2-4-11(12)8-14(15)17(21)20-19-10-13-6-7-16(18)23-13/h2-10H,1H3,(H,20,21)/b19-10-. The van der Waals surface area contributed by atoms with Crippen LogP contribution < -0.4 is 10.2 Å². The predicted molar refractivity (Wildman–Crippen MR) is 97.6 cm³/mol. The number of amides is 1. The van der Waals surface area contributed by atoms with Gasteiger partial charge in [0.25, 0.3) is 5.91 Å². The molecule has 0 atom stereocenters. The predicted octanol–water partition coefficient (Wildman–Crippen LogP) is 4.44. The molecule has 1 N–H and O–H groups in total. The number of methoxy groups -OCH3 is 1. The van der Waals surface area contributed by atoms with Gasteiger partial charge in [0.2, 0.25) is 0 Å². The molecule has 0 radical (unpaired) electrons. The van der Waals surface area contributed by atoms with Crippen LogP contribution in [0.1, 0.15) is 15.2 Å². The minimum Gasteiger partial charge on any atom is -0.496 e. The van der Waals surface area contributed by atoms with Crippen molar-refractivity contribution in [3.05, 3.63) is 62.8 Å². The van der Waals surface area contributed by atoms with Gasteiger partial charge in [0.15, 0.2) is 0 Å². The third-order valence-corrected chi connectivity index (χ3v) is 4.82. The van der Waals surface area contributed by atoms with Gasteiger partial charge in [-0.05, 0) is 51.0 Å². The zero-order valence-corrected chi connectivity index (χ0v) is 14.6. The minimum absolute atomic E-state index is 0.306. The van der Waals surface area contributed by atoms with E-state index in [1.165, 1.54) is 11.3 Å². The maximum absolute atomic E-state index is 12.4. The number of fused-ring (bicyclic) bond motifs is 1. The molecule has 0 saturated heterocycles. The van der Waals surface area contributed by atoms with E-state index in [0.717, 1.165) is 19.4 Å². The highest BCUT2D eigenvalue weighted by Crippen LogP contribution is 2.26. The number of rotatable bonds is 4. The lowest BCUT2D eigenvalue weighted by molar-refractivity contribution is 0.0952. The Bertz CT molecular complexity index is 889. The first-order chi connectivity index (χ1) is 11.2. The molecule has 0 spiro atoms. The molecule has 0 fully saturated rings. The van der Waals surface area contributed by atoms with E-state index in [-0.39, 0.29) is 5.91 Å². The van der Waals surface area contributed by atoms with Gasteiger partial charge in [-0.1, -0.05) is 24.3 Å². The zero-order chi connectivity index (χ0) is 16.2. The molecule has 2 aromatic carbocycles. The van der Waals surface area contributed by atoms with E-state index >= 15 is 0 Å². The van der Waals surface area contributed by atoms with Gasteiger partial charge in [0.1, 0.15) is 5.75 Å². The second kappa shape index (κ2) is 6.93. The van der Waals surface area contributed by atoms with Crippen LogP contribution in [0.3, 0.4) is 0 Å². The first-order valence-corrected chi connectivity index (χ1v) is 8.44. The van der Waals surface area contributed by atoms with Crippen molar-refractivity contribution in [2.24, 2.45) is 5.10 Å². The summed E-state index contributed by atoms with van der Waals surface area (Å²) in [6.45, 7) is 0. The Balaban J connectivity index is 1.83. The number of hydrogen-bond acceptors (Lipinski definition) is 4. The third kappa shape index (κ3) is 3.60. The summed E-state index contributed by atoms with van der Waals surface area (Å²) < 4.78 is 6.34. The molecule has 6 heteroatoms. The quantitative estimate of drug-likeness (QED) is 0.530. The van der Waals surface area contributed by atoms with E-state index in [2.05, 4.69) is 26.5 Å². The summed E-state index contributed by atoms with van der Waals surface area (Å²) in [5.41, 5.74) is 2.99. The smallest absolute Gasteiger partial charge is 0.275 e. The zero-order valence-electron chi connectivity index (χ0n) is 12.2. The van der Waals surface area contributed by atoms with E-state index in [4.69, 9.17) is 4.74 Å². The van der Waals surface area contributed by atoms with Crippen LogP contribution in [0.5, 0.6) is 5.75 Å². The van der Waals surface area contributed by atoms with Gasteiger partial charge in [0, 0.05) is 4.88 Å². The van der Waals surface area contributed by atoms with Crippen molar-refractivity contribution in [2.75, 3.05) is 7.11 Å². The van der Waals surface area contributed by atoms with Crippen LogP contribution in [0, 0.1) is 0 Å². The Morgan fingerprint density at radius 2 is 1.96 bits per heavy atom. The molecular formula is C17H13BrN2O2S. The summed E-state index contributed by atoms with van der Waals surface area (Å²) in [6.07, 6.45) is 1.61. The van der Waals surface area contributed by atoms with Crippen LogP contribution in [0.25, 0.3) is 10.8 Å². The van der Waals surface area contributed by atoms with Gasteiger partial charge in [-0.3, -0.25) is 4.79 Å². The molecule has 1 amide bonds. The maximum atomic E-state index is 12.4. The fourth-order valence-corrected chi connectivity index (χ4v) is 3.47. The number of carbonyl (C=O) groups is 1. The molecule has 3 aromatic rings. The fraction of sp³-hybridized carbons (Fsp3) is 0.0588. The molecule has 0 aliphatic carbocycles. The number of nitrogens with one attached hydrogen (secondary N) is 1. The Hall–Kier alpha value is -2.18. The summed E-state index contributed by atoms with van der Waals surface area (Å²) in [4.78, 5) is 13.3. The molecule has 3 rings (SSSR count). The van der Waals surface area contributed by atoms with Crippen molar-refractivity contribution in [3.63, 3.8) is 0 Å². The minimum atomic E-state index is -0.306. The maximum Gasteiger partial charge on any atom is 0.275 e. The second-order valence-corrected chi connectivity index (χ2v) is 7.24. The van der Waals surface area contributed by atoms with E-state index < -0.39 is 0 Å². The average molecular weight is 389 g/mol. The number of nitrogens with zero attached hydrogens (tertiary/aromatic N) is 1. The van der Waals surface area contributed by atoms with Gasteiger partial charge in [-0.25, -0.2) is 5.43 Å². The molecule has 4 nitrogen and oxygen atoms in total. The Morgan fingerprint density at radius 3 is 2.61 bits per heavy atom. The number of hydrogen-bond donors (Lipinski definition) is 1. The van der Waals surface area contributed by atoms with Crippen LogP contribution in [0.2, 0.25) is 0 Å². The van der Waals surface area contributed by atoms with Crippen molar-refractivity contribution in [2.45, 2.75) is 0 Å². The third-order valence-electron chi connectivity index (χ3n) is 3.26. The van der Waals surface area contributed by atoms with Crippen LogP contribution in [0.15, 0.2) is 57.4 Å². The number of thiophene rings is 1. The summed E-state index contributed by atoms with van der Waals surface area (Å²) in [7, 11) is 1.55. The van der Waals surface area contributed by atoms with Crippen molar-refractivity contribution >= 4 is 50.2 Å². The Labute approximate surface area is 145 Å². The monoisotopic (exact) mass is 388 g/mol. The summed E-state index contributed by atoms with van der Waals surface area (Å²) >= 11 is 4.92. The van der Waals surface area contributed by atoms with Crippen molar-refractivity contribution < 1.29 is 9.53 Å². The topological polar surface area (TPSA) is 50.7 Å². The van der Waals surface area contributed by atoms with Gasteiger partial charge in [0.05, 0.1) is 22.7 Å². The van der Waals surface area contributed by atoms with Crippen LogP contribution in [-0.4, -0.2) is 19.2 Å². The van der Waals surface area contributed by atoms with E-state index in [1.54, 1.807) is 19.4 Å². The van der Waals surface area contributed by atoms with Gasteiger partial charge in [-0.15, -0.1) is 11.3 Å². The van der Waals surface area contributed by atoms with E-state index in [1.807, 2.05) is 42.5 Å². The van der Waals surface area contributed by atoms with Crippen LogP contribution in [0.4, 0.5) is 0 Å². The molecule has 116 valence electrons. The first-order valence-electron chi connectivity index (χ1n) is 6.83. The second-order valence-electron chi connectivity index (χ2n) is 4.74. The first kappa shape index (κ1) is 15.7. The van der Waals surface area contributed by atoms with Crippen LogP contribution in [-0.2, 0) is 0 Å². The van der Waals surface area contributed by atoms with Gasteiger partial charge < -0.3 is 4.74 Å². The van der Waals surface area contributed by atoms with Crippen LogP contribution >= 0.6 is 27.3 Å². The molecule has 0 bridgehead atoms. The average Bonchev–Trinajstić information content (AvgIpc) is 2.98. The SMILES string of the molecule is COc1cc2ccccc2cc1C(=O)N/N=C\c1ccc(Br)s1. The lowest BCUT2D eigenvalue weighted by atomic mass is 10.1. The molecule has 1 aromatic heterocycles. The number of hydrazone groups is 1. The van der Waals surface area contributed by atoms with Crippen molar-refractivity contribution in [1.82, 2.24) is 5.43 Å². The number of benzene rings is 2. The lowest BCUT2D eigenvalue weighted by Gasteiger charge is -2.09. The Morgan fingerprint density at radius 1 is 1.22 bits per heavy atom. The highest BCUT2D eigenvalue weighted by Gasteiger charge is 2.13. The molecule has 0 saturated carbocycles. The largest absolute Gasteiger partial charge is 0.496 e. The molecular weight excluding hydrogens is 376 g/mol.